The molecule has 7 nitrogen and oxygen atoms in total. The number of hydrogen-bond acceptors (Lipinski definition) is 5. The number of methoxy groups -OCH3 is 1. The number of nitrogens with zero attached hydrogens (tertiary/aromatic N) is 1. The van der Waals surface area contributed by atoms with E-state index in [4.69, 9.17) is 13.9 Å². The standard InChI is InChI=1S/C22H27N3O4/c1-5-11-28-21-16(7-6-10-23-21)13-24-22(26)25-15(3)20-14(2)18-12-17(27-4)8-9-19(18)29-20/h6-10,12,15H,5,11,13H2,1-4H3,(H2,24,25,26). The lowest BCUT2D eigenvalue weighted by Crippen LogP contribution is -2.36. The first-order valence-corrected chi connectivity index (χ1v) is 9.71. The van der Waals surface area contributed by atoms with Crippen LogP contribution in [-0.4, -0.2) is 24.7 Å². The molecular weight excluding hydrogens is 370 g/mol. The molecule has 2 heterocycles. The zero-order valence-electron chi connectivity index (χ0n) is 17.2. The first-order chi connectivity index (χ1) is 14.0. The molecule has 0 spiro atoms. The highest BCUT2D eigenvalue weighted by molar-refractivity contribution is 5.84. The Morgan fingerprint density at radius 2 is 2.14 bits per heavy atom. The summed E-state index contributed by atoms with van der Waals surface area (Å²) in [5.41, 5.74) is 2.57. The van der Waals surface area contributed by atoms with E-state index in [9.17, 15) is 4.79 Å². The summed E-state index contributed by atoms with van der Waals surface area (Å²) in [5, 5.41) is 6.75. The number of amides is 2. The fourth-order valence-corrected chi connectivity index (χ4v) is 3.14. The van der Waals surface area contributed by atoms with Gasteiger partial charge >= 0.3 is 6.03 Å². The molecule has 2 N–H and O–H groups in total. The summed E-state index contributed by atoms with van der Waals surface area (Å²) in [6.45, 7) is 6.81. The number of benzene rings is 1. The number of pyridine rings is 1. The summed E-state index contributed by atoms with van der Waals surface area (Å²) in [7, 11) is 1.63. The van der Waals surface area contributed by atoms with Crippen LogP contribution in [-0.2, 0) is 6.54 Å². The van der Waals surface area contributed by atoms with Crippen molar-refractivity contribution in [2.75, 3.05) is 13.7 Å². The highest BCUT2D eigenvalue weighted by Crippen LogP contribution is 2.31. The quantitative estimate of drug-likeness (QED) is 0.585. The Labute approximate surface area is 170 Å². The molecule has 1 unspecified atom stereocenters. The van der Waals surface area contributed by atoms with E-state index < -0.39 is 0 Å². The third kappa shape index (κ3) is 4.80. The van der Waals surface area contributed by atoms with E-state index in [1.54, 1.807) is 13.3 Å². The van der Waals surface area contributed by atoms with Gasteiger partial charge in [0.05, 0.1) is 19.8 Å². The number of aromatic nitrogens is 1. The summed E-state index contributed by atoms with van der Waals surface area (Å²) in [5.74, 6) is 2.03. The van der Waals surface area contributed by atoms with Gasteiger partial charge in [-0.15, -0.1) is 0 Å². The van der Waals surface area contributed by atoms with E-state index in [1.165, 1.54) is 0 Å². The van der Waals surface area contributed by atoms with Crippen molar-refractivity contribution in [3.8, 4) is 11.6 Å². The predicted molar refractivity (Wildman–Crippen MR) is 111 cm³/mol. The first-order valence-electron chi connectivity index (χ1n) is 9.71. The van der Waals surface area contributed by atoms with Gasteiger partial charge in [0.2, 0.25) is 5.88 Å². The van der Waals surface area contributed by atoms with Gasteiger partial charge in [0, 0.05) is 29.3 Å². The Balaban J connectivity index is 1.64. The Morgan fingerprint density at radius 3 is 2.90 bits per heavy atom. The largest absolute Gasteiger partial charge is 0.497 e. The van der Waals surface area contributed by atoms with Crippen LogP contribution in [0, 0.1) is 6.92 Å². The number of fused-ring (bicyclic) bond motifs is 1. The van der Waals surface area contributed by atoms with Gasteiger partial charge in [-0.25, -0.2) is 9.78 Å². The van der Waals surface area contributed by atoms with Gasteiger partial charge in [-0.3, -0.25) is 0 Å². The number of nitrogens with one attached hydrogen (secondary N) is 2. The summed E-state index contributed by atoms with van der Waals surface area (Å²) < 4.78 is 16.9. The maximum Gasteiger partial charge on any atom is 0.315 e. The third-order valence-corrected chi connectivity index (χ3v) is 4.65. The van der Waals surface area contributed by atoms with Crippen LogP contribution < -0.4 is 20.1 Å². The lowest BCUT2D eigenvalue weighted by atomic mass is 10.1. The van der Waals surface area contributed by atoms with Gasteiger partial charge in [-0.2, -0.15) is 0 Å². The average Bonchev–Trinajstić information content (AvgIpc) is 3.07. The molecule has 3 aromatic rings. The zero-order chi connectivity index (χ0) is 20.8. The molecule has 3 rings (SSSR count). The second-order valence-corrected chi connectivity index (χ2v) is 6.82. The molecule has 1 aromatic carbocycles. The molecule has 0 saturated carbocycles. The van der Waals surface area contributed by atoms with Crippen LogP contribution in [0.25, 0.3) is 11.0 Å². The maximum atomic E-state index is 12.4. The van der Waals surface area contributed by atoms with Crippen molar-refractivity contribution in [2.45, 2.75) is 39.8 Å². The van der Waals surface area contributed by atoms with Crippen molar-refractivity contribution in [3.63, 3.8) is 0 Å². The highest BCUT2D eigenvalue weighted by atomic mass is 16.5. The normalized spacial score (nSPS) is 11.9. The van der Waals surface area contributed by atoms with Gasteiger partial charge in [0.25, 0.3) is 0 Å². The fourth-order valence-electron chi connectivity index (χ4n) is 3.14. The monoisotopic (exact) mass is 397 g/mol. The molecule has 7 heteroatoms. The Bertz CT molecular complexity index is 983. The molecule has 0 aliphatic heterocycles. The van der Waals surface area contributed by atoms with Crippen molar-refractivity contribution in [1.82, 2.24) is 15.6 Å². The minimum atomic E-state index is -0.293. The summed E-state index contributed by atoms with van der Waals surface area (Å²) in [6.07, 6.45) is 2.57. The first kappa shape index (κ1) is 20.5. The van der Waals surface area contributed by atoms with Crippen LogP contribution in [0.2, 0.25) is 0 Å². The van der Waals surface area contributed by atoms with Crippen molar-refractivity contribution in [2.24, 2.45) is 0 Å². The number of aryl methyl sites for hydroxylation is 1. The Kier molecular flexibility index (Phi) is 6.59. The lowest BCUT2D eigenvalue weighted by molar-refractivity contribution is 0.235. The van der Waals surface area contributed by atoms with Crippen LogP contribution in [0.4, 0.5) is 4.79 Å². The number of ether oxygens (including phenoxy) is 2. The molecule has 0 fully saturated rings. The number of hydrogen-bond donors (Lipinski definition) is 2. The van der Waals surface area contributed by atoms with Crippen molar-refractivity contribution >= 4 is 17.0 Å². The SMILES string of the molecule is CCCOc1ncccc1CNC(=O)NC(C)c1oc2ccc(OC)cc2c1C. The van der Waals surface area contributed by atoms with E-state index in [1.807, 2.05) is 51.1 Å². The van der Waals surface area contributed by atoms with Crippen LogP contribution in [0.15, 0.2) is 40.9 Å². The molecule has 2 aromatic heterocycles. The molecule has 0 bridgehead atoms. The van der Waals surface area contributed by atoms with Crippen LogP contribution in [0.5, 0.6) is 11.6 Å². The van der Waals surface area contributed by atoms with Crippen molar-refractivity contribution < 1.29 is 18.7 Å². The molecule has 2 amide bonds. The molecule has 0 aliphatic carbocycles. The molecule has 1 atom stereocenters. The minimum absolute atomic E-state index is 0.291. The van der Waals surface area contributed by atoms with Crippen LogP contribution in [0.3, 0.4) is 0 Å². The summed E-state index contributed by atoms with van der Waals surface area (Å²) in [4.78, 5) is 16.6. The maximum absolute atomic E-state index is 12.4. The third-order valence-electron chi connectivity index (χ3n) is 4.65. The van der Waals surface area contributed by atoms with E-state index in [-0.39, 0.29) is 12.1 Å². The number of urea groups is 1. The molecule has 154 valence electrons. The second kappa shape index (κ2) is 9.32. The van der Waals surface area contributed by atoms with E-state index in [0.29, 0.717) is 19.0 Å². The topological polar surface area (TPSA) is 85.6 Å². The Hall–Kier alpha value is -3.22. The summed E-state index contributed by atoms with van der Waals surface area (Å²) >= 11 is 0. The molecule has 29 heavy (non-hydrogen) atoms. The van der Waals surface area contributed by atoms with Gasteiger partial charge in [-0.05, 0) is 44.5 Å². The molecule has 0 saturated heterocycles. The number of furan rings is 1. The lowest BCUT2D eigenvalue weighted by Gasteiger charge is -2.14. The zero-order valence-corrected chi connectivity index (χ0v) is 17.2. The van der Waals surface area contributed by atoms with E-state index in [2.05, 4.69) is 15.6 Å². The number of carbonyl (C=O) groups is 1. The molecular formula is C22H27N3O4. The van der Waals surface area contributed by atoms with E-state index >= 15 is 0 Å². The average molecular weight is 397 g/mol. The van der Waals surface area contributed by atoms with Gasteiger partial charge < -0.3 is 24.5 Å². The molecule has 0 aliphatic rings. The number of rotatable bonds is 8. The van der Waals surface area contributed by atoms with Gasteiger partial charge in [0.15, 0.2) is 0 Å². The van der Waals surface area contributed by atoms with Crippen molar-refractivity contribution in [1.29, 1.82) is 0 Å². The minimum Gasteiger partial charge on any atom is -0.497 e. The van der Waals surface area contributed by atoms with Crippen LogP contribution >= 0.6 is 0 Å². The van der Waals surface area contributed by atoms with Gasteiger partial charge in [-0.1, -0.05) is 13.0 Å². The van der Waals surface area contributed by atoms with Crippen molar-refractivity contribution in [3.05, 3.63) is 53.4 Å². The summed E-state index contributed by atoms with van der Waals surface area (Å²) in [6, 6.07) is 8.79. The van der Waals surface area contributed by atoms with E-state index in [0.717, 1.165) is 40.0 Å². The smallest absolute Gasteiger partial charge is 0.315 e. The molecule has 0 radical (unpaired) electrons. The second-order valence-electron chi connectivity index (χ2n) is 6.82. The predicted octanol–water partition coefficient (Wildman–Crippen LogP) is 4.49. The van der Waals surface area contributed by atoms with Crippen LogP contribution in [0.1, 0.15) is 43.2 Å². The van der Waals surface area contributed by atoms with Gasteiger partial charge in [0.1, 0.15) is 17.1 Å². The number of carbonyl (C=O) groups excluding carboxylic acids is 1. The Morgan fingerprint density at radius 1 is 1.31 bits per heavy atom. The highest BCUT2D eigenvalue weighted by Gasteiger charge is 2.19. The fraction of sp³-hybridized carbons (Fsp3) is 0.364.